The summed E-state index contributed by atoms with van der Waals surface area (Å²) in [6, 6.07) is 9.06. The van der Waals surface area contributed by atoms with Crippen LogP contribution in [-0.2, 0) is 0 Å². The van der Waals surface area contributed by atoms with Crippen LogP contribution in [0.1, 0.15) is 28.3 Å². The number of hydrogen-bond acceptors (Lipinski definition) is 2. The van der Waals surface area contributed by atoms with Crippen molar-refractivity contribution in [2.45, 2.75) is 19.9 Å². The van der Waals surface area contributed by atoms with Crippen molar-refractivity contribution in [3.8, 4) is 5.75 Å². The highest BCUT2D eigenvalue weighted by Gasteiger charge is 2.15. The van der Waals surface area contributed by atoms with Crippen molar-refractivity contribution >= 4 is 23.2 Å². The van der Waals surface area contributed by atoms with Crippen LogP contribution < -0.4 is 10.5 Å². The van der Waals surface area contributed by atoms with Gasteiger partial charge in [-0.25, -0.2) is 0 Å². The van der Waals surface area contributed by atoms with Gasteiger partial charge in [-0.05, 0) is 54.3 Å². The van der Waals surface area contributed by atoms with Gasteiger partial charge in [0.15, 0.2) is 0 Å². The number of rotatable bonds is 3. The van der Waals surface area contributed by atoms with Crippen LogP contribution in [0.5, 0.6) is 5.75 Å². The second kappa shape index (κ2) is 6.04. The van der Waals surface area contributed by atoms with E-state index in [4.69, 9.17) is 33.7 Å². The second-order valence-electron chi connectivity index (χ2n) is 4.83. The van der Waals surface area contributed by atoms with Crippen LogP contribution in [0.15, 0.2) is 30.3 Å². The number of hydrogen-bond donors (Lipinski definition) is 1. The minimum atomic E-state index is -0.315. The maximum absolute atomic E-state index is 6.33. The van der Waals surface area contributed by atoms with Gasteiger partial charge in [-0.15, -0.1) is 0 Å². The van der Waals surface area contributed by atoms with Crippen LogP contribution in [0.25, 0.3) is 0 Å². The minimum absolute atomic E-state index is 0.315. The Morgan fingerprint density at radius 3 is 2.20 bits per heavy atom. The standard InChI is InChI=1S/C16H17Cl2NO/c1-9-6-11(7-10(2)16(9)20-3)15(19)13-8-12(17)4-5-14(13)18/h4-8,15H,19H2,1-3H3. The average molecular weight is 310 g/mol. The van der Waals surface area contributed by atoms with E-state index in [1.807, 2.05) is 32.0 Å². The maximum atomic E-state index is 6.33. The number of aryl methyl sites for hydroxylation is 2. The molecule has 0 fully saturated rings. The summed E-state index contributed by atoms with van der Waals surface area (Å²) in [4.78, 5) is 0. The Kier molecular flexibility index (Phi) is 4.59. The van der Waals surface area contributed by atoms with Gasteiger partial charge >= 0.3 is 0 Å². The van der Waals surface area contributed by atoms with Crippen molar-refractivity contribution in [2.24, 2.45) is 5.73 Å². The van der Waals surface area contributed by atoms with Crippen LogP contribution >= 0.6 is 23.2 Å². The summed E-state index contributed by atoms with van der Waals surface area (Å²) in [5.41, 5.74) is 10.2. The van der Waals surface area contributed by atoms with Gasteiger partial charge in [-0.3, -0.25) is 0 Å². The molecular weight excluding hydrogens is 293 g/mol. The largest absolute Gasteiger partial charge is 0.496 e. The van der Waals surface area contributed by atoms with E-state index in [0.29, 0.717) is 10.0 Å². The zero-order valence-electron chi connectivity index (χ0n) is 11.7. The monoisotopic (exact) mass is 309 g/mol. The zero-order chi connectivity index (χ0) is 14.9. The molecule has 2 N–H and O–H groups in total. The third kappa shape index (κ3) is 2.93. The van der Waals surface area contributed by atoms with E-state index >= 15 is 0 Å². The van der Waals surface area contributed by atoms with Gasteiger partial charge in [0.2, 0.25) is 0 Å². The van der Waals surface area contributed by atoms with E-state index in [9.17, 15) is 0 Å². The summed E-state index contributed by atoms with van der Waals surface area (Å²) < 4.78 is 5.37. The van der Waals surface area contributed by atoms with Crippen molar-refractivity contribution in [3.63, 3.8) is 0 Å². The Morgan fingerprint density at radius 2 is 1.65 bits per heavy atom. The van der Waals surface area contributed by atoms with Crippen LogP contribution in [-0.4, -0.2) is 7.11 Å². The first-order valence-electron chi connectivity index (χ1n) is 6.29. The molecule has 0 radical (unpaired) electrons. The first kappa shape index (κ1) is 15.2. The fourth-order valence-electron chi connectivity index (χ4n) is 2.42. The summed E-state index contributed by atoms with van der Waals surface area (Å²) in [6.45, 7) is 4.00. The molecule has 106 valence electrons. The summed E-state index contributed by atoms with van der Waals surface area (Å²) in [7, 11) is 1.67. The maximum Gasteiger partial charge on any atom is 0.124 e. The molecule has 0 saturated carbocycles. The van der Waals surface area contributed by atoms with Crippen LogP contribution in [0.4, 0.5) is 0 Å². The number of ether oxygens (including phenoxy) is 1. The summed E-state index contributed by atoms with van der Waals surface area (Å²) in [5, 5.41) is 1.25. The lowest BCUT2D eigenvalue weighted by Crippen LogP contribution is -2.13. The molecule has 2 aromatic rings. The van der Waals surface area contributed by atoms with Crippen molar-refractivity contribution < 1.29 is 4.74 Å². The van der Waals surface area contributed by atoms with Gasteiger partial charge in [0, 0.05) is 10.0 Å². The molecule has 0 aliphatic heterocycles. The zero-order valence-corrected chi connectivity index (χ0v) is 13.2. The van der Waals surface area contributed by atoms with Crippen LogP contribution in [0.2, 0.25) is 10.0 Å². The molecule has 0 saturated heterocycles. The number of nitrogens with two attached hydrogens (primary N) is 1. The van der Waals surface area contributed by atoms with E-state index in [1.165, 1.54) is 0 Å². The Balaban J connectivity index is 2.48. The van der Waals surface area contributed by atoms with Crippen molar-refractivity contribution in [3.05, 3.63) is 62.6 Å². The number of halogens is 2. The molecule has 1 atom stereocenters. The fourth-order valence-corrected chi connectivity index (χ4v) is 2.83. The second-order valence-corrected chi connectivity index (χ2v) is 5.68. The van der Waals surface area contributed by atoms with Gasteiger partial charge < -0.3 is 10.5 Å². The minimum Gasteiger partial charge on any atom is -0.496 e. The molecule has 2 nitrogen and oxygen atoms in total. The van der Waals surface area contributed by atoms with E-state index in [2.05, 4.69) is 0 Å². The van der Waals surface area contributed by atoms with Gasteiger partial charge in [-0.1, -0.05) is 35.3 Å². The summed E-state index contributed by atoms with van der Waals surface area (Å²) in [6.07, 6.45) is 0. The Morgan fingerprint density at radius 1 is 1.05 bits per heavy atom. The summed E-state index contributed by atoms with van der Waals surface area (Å²) in [5.74, 6) is 0.887. The Bertz CT molecular complexity index is 617. The first-order chi connectivity index (χ1) is 9.43. The van der Waals surface area contributed by atoms with Crippen LogP contribution in [0.3, 0.4) is 0 Å². The molecule has 0 heterocycles. The van der Waals surface area contributed by atoms with Crippen molar-refractivity contribution in [2.75, 3.05) is 7.11 Å². The third-order valence-electron chi connectivity index (χ3n) is 3.34. The molecule has 0 spiro atoms. The predicted octanol–water partition coefficient (Wildman–Crippen LogP) is 4.67. The average Bonchev–Trinajstić information content (AvgIpc) is 2.40. The molecule has 2 aromatic carbocycles. The number of benzene rings is 2. The topological polar surface area (TPSA) is 35.2 Å². The SMILES string of the molecule is COc1c(C)cc(C(N)c2cc(Cl)ccc2Cl)cc1C. The molecule has 0 aromatic heterocycles. The van der Waals surface area contributed by atoms with Crippen LogP contribution in [0, 0.1) is 13.8 Å². The van der Waals surface area contributed by atoms with Gasteiger partial charge in [0.05, 0.1) is 13.2 Å². The van der Waals surface area contributed by atoms with E-state index in [1.54, 1.807) is 19.2 Å². The molecule has 0 aliphatic carbocycles. The third-order valence-corrected chi connectivity index (χ3v) is 3.92. The lowest BCUT2D eigenvalue weighted by molar-refractivity contribution is 0.408. The highest BCUT2D eigenvalue weighted by atomic mass is 35.5. The predicted molar refractivity (Wildman–Crippen MR) is 85.0 cm³/mol. The molecule has 20 heavy (non-hydrogen) atoms. The quantitative estimate of drug-likeness (QED) is 0.894. The van der Waals surface area contributed by atoms with E-state index < -0.39 is 0 Å². The van der Waals surface area contributed by atoms with Gasteiger partial charge in [0.1, 0.15) is 5.75 Å². The van der Waals surface area contributed by atoms with Gasteiger partial charge in [0.25, 0.3) is 0 Å². The summed E-state index contributed by atoms with van der Waals surface area (Å²) >= 11 is 12.2. The molecule has 2 rings (SSSR count). The molecule has 0 aliphatic rings. The lowest BCUT2D eigenvalue weighted by atomic mass is 9.95. The van der Waals surface area contributed by atoms with E-state index in [-0.39, 0.29) is 6.04 Å². The highest BCUT2D eigenvalue weighted by Crippen LogP contribution is 2.32. The van der Waals surface area contributed by atoms with Gasteiger partial charge in [-0.2, -0.15) is 0 Å². The first-order valence-corrected chi connectivity index (χ1v) is 7.05. The molecule has 0 bridgehead atoms. The number of methoxy groups -OCH3 is 1. The fraction of sp³-hybridized carbons (Fsp3) is 0.250. The Hall–Kier alpha value is -1.22. The molecular formula is C16H17Cl2NO. The normalized spacial score (nSPS) is 12.3. The smallest absolute Gasteiger partial charge is 0.124 e. The van der Waals surface area contributed by atoms with E-state index in [0.717, 1.165) is 28.0 Å². The van der Waals surface area contributed by atoms with Crippen molar-refractivity contribution in [1.29, 1.82) is 0 Å². The Labute approximate surface area is 129 Å². The molecule has 4 heteroatoms. The highest BCUT2D eigenvalue weighted by molar-refractivity contribution is 6.33. The molecule has 1 unspecified atom stereocenters. The molecule has 0 amide bonds. The van der Waals surface area contributed by atoms with Crippen molar-refractivity contribution in [1.82, 2.24) is 0 Å². The lowest BCUT2D eigenvalue weighted by Gasteiger charge is -2.18.